The molecule has 0 bridgehead atoms. The largest absolute Gasteiger partial charge is 0.466 e. The lowest BCUT2D eigenvalue weighted by molar-refractivity contribution is -0.147. The Labute approximate surface area is 181 Å². The molecule has 0 aromatic carbocycles. The molecule has 0 aliphatic heterocycles. The van der Waals surface area contributed by atoms with Crippen molar-refractivity contribution in [1.82, 2.24) is 0 Å². The van der Waals surface area contributed by atoms with Gasteiger partial charge >= 0.3 is 11.9 Å². The number of hydrogen-bond donors (Lipinski definition) is 0. The number of unbranched alkanes of at least 4 members (excludes halogenated alkanes) is 3. The Balaban J connectivity index is 3.84. The zero-order valence-corrected chi connectivity index (χ0v) is 20.4. The average Bonchev–Trinajstić information content (AvgIpc) is 2.56. The summed E-state index contributed by atoms with van der Waals surface area (Å²) in [5, 5.41) is 0. The van der Waals surface area contributed by atoms with Crippen molar-refractivity contribution in [2.45, 2.75) is 123 Å². The molecule has 0 amide bonds. The van der Waals surface area contributed by atoms with Gasteiger partial charge in [-0.3, -0.25) is 9.59 Å². The molecule has 0 saturated carbocycles. The molecular weight excluding hydrogens is 420 g/mol. The van der Waals surface area contributed by atoms with Crippen molar-refractivity contribution < 1.29 is 19.1 Å². The van der Waals surface area contributed by atoms with E-state index in [4.69, 9.17) is 9.47 Å². The van der Waals surface area contributed by atoms with Gasteiger partial charge in [-0.2, -0.15) is 0 Å². The van der Waals surface area contributed by atoms with Gasteiger partial charge in [0.2, 0.25) is 0 Å². The van der Waals surface area contributed by atoms with Gasteiger partial charge in [0.25, 0.3) is 0 Å². The van der Waals surface area contributed by atoms with E-state index in [1.54, 1.807) is 0 Å². The molecule has 28 heavy (non-hydrogen) atoms. The molecule has 0 heterocycles. The van der Waals surface area contributed by atoms with Crippen LogP contribution in [0.4, 0.5) is 0 Å². The van der Waals surface area contributed by atoms with Crippen molar-refractivity contribution in [3.05, 3.63) is 0 Å². The minimum Gasteiger partial charge on any atom is -0.466 e. The molecule has 0 saturated heterocycles. The van der Waals surface area contributed by atoms with Gasteiger partial charge in [0.15, 0.2) is 0 Å². The third-order valence-electron chi connectivity index (χ3n) is 4.78. The molecule has 0 N–H and O–H groups in total. The number of hydrogen-bond acceptors (Lipinski definition) is 4. The highest BCUT2D eigenvalue weighted by atomic mass is 79.9. The summed E-state index contributed by atoms with van der Waals surface area (Å²) in [5.41, 5.74) is 0.331. The predicted octanol–water partition coefficient (Wildman–Crippen LogP) is 6.97. The summed E-state index contributed by atoms with van der Waals surface area (Å²) in [6, 6.07) is 0. The standard InChI is InChI=1S/C23H43BrO4/c1-6-27-22(26)17-10-8-7-9-13-20(24)14-11-15-21(28-19(2)25)16-12-18-23(3,4)5/h20-21H,6-18H2,1-5H3. The molecule has 0 aliphatic carbocycles. The van der Waals surface area contributed by atoms with Crippen LogP contribution in [0.3, 0.4) is 0 Å². The van der Waals surface area contributed by atoms with E-state index in [9.17, 15) is 9.59 Å². The first-order chi connectivity index (χ1) is 13.1. The summed E-state index contributed by atoms with van der Waals surface area (Å²) in [6.45, 7) is 10.6. The van der Waals surface area contributed by atoms with Crippen LogP contribution in [-0.4, -0.2) is 29.5 Å². The number of ether oxygens (including phenoxy) is 2. The summed E-state index contributed by atoms with van der Waals surface area (Å²) < 4.78 is 10.5. The van der Waals surface area contributed by atoms with Crippen LogP contribution in [0.2, 0.25) is 0 Å². The fourth-order valence-corrected chi connectivity index (χ4v) is 3.94. The van der Waals surface area contributed by atoms with E-state index in [0.717, 1.165) is 64.2 Å². The first kappa shape index (κ1) is 27.4. The maximum atomic E-state index is 11.4. The maximum absolute atomic E-state index is 11.4. The summed E-state index contributed by atoms with van der Waals surface area (Å²) in [7, 11) is 0. The van der Waals surface area contributed by atoms with E-state index in [0.29, 0.717) is 23.3 Å². The van der Waals surface area contributed by atoms with Crippen molar-refractivity contribution in [2.75, 3.05) is 6.61 Å². The van der Waals surface area contributed by atoms with Crippen LogP contribution in [0.15, 0.2) is 0 Å². The van der Waals surface area contributed by atoms with Crippen LogP contribution in [0, 0.1) is 5.41 Å². The second-order valence-corrected chi connectivity index (χ2v) is 10.3. The fraction of sp³-hybridized carbons (Fsp3) is 0.913. The molecule has 166 valence electrons. The molecule has 0 aliphatic rings. The Morgan fingerprint density at radius 3 is 2.11 bits per heavy atom. The SMILES string of the molecule is CCOC(=O)CCCCCCC(Br)CCCC(CCCC(C)(C)C)OC(C)=O. The monoisotopic (exact) mass is 462 g/mol. The second kappa shape index (κ2) is 16.2. The van der Waals surface area contributed by atoms with E-state index in [-0.39, 0.29) is 18.0 Å². The van der Waals surface area contributed by atoms with Gasteiger partial charge in [-0.15, -0.1) is 0 Å². The Morgan fingerprint density at radius 1 is 0.893 bits per heavy atom. The third kappa shape index (κ3) is 18.8. The van der Waals surface area contributed by atoms with Crippen LogP contribution in [0.1, 0.15) is 112 Å². The number of carbonyl (C=O) groups is 2. The first-order valence-corrected chi connectivity index (χ1v) is 12.0. The van der Waals surface area contributed by atoms with Crippen LogP contribution in [0.25, 0.3) is 0 Å². The smallest absolute Gasteiger partial charge is 0.305 e. The van der Waals surface area contributed by atoms with E-state index < -0.39 is 0 Å². The Bertz CT molecular complexity index is 417. The lowest BCUT2D eigenvalue weighted by Gasteiger charge is -2.21. The highest BCUT2D eigenvalue weighted by Crippen LogP contribution is 2.25. The molecule has 0 radical (unpaired) electrons. The van der Waals surface area contributed by atoms with E-state index in [1.165, 1.54) is 13.3 Å². The first-order valence-electron chi connectivity index (χ1n) is 11.1. The quantitative estimate of drug-likeness (QED) is 0.141. The highest BCUT2D eigenvalue weighted by Gasteiger charge is 2.16. The molecule has 5 heteroatoms. The van der Waals surface area contributed by atoms with Crippen molar-refractivity contribution in [1.29, 1.82) is 0 Å². The lowest BCUT2D eigenvalue weighted by Crippen LogP contribution is -2.18. The zero-order chi connectivity index (χ0) is 21.4. The fourth-order valence-electron chi connectivity index (χ4n) is 3.29. The van der Waals surface area contributed by atoms with Gasteiger partial charge in [0, 0.05) is 18.2 Å². The topological polar surface area (TPSA) is 52.6 Å². The maximum Gasteiger partial charge on any atom is 0.305 e. The summed E-state index contributed by atoms with van der Waals surface area (Å²) in [4.78, 5) is 23.2. The normalized spacial score (nSPS) is 13.8. The average molecular weight is 463 g/mol. The predicted molar refractivity (Wildman–Crippen MR) is 120 cm³/mol. The molecule has 4 nitrogen and oxygen atoms in total. The number of rotatable bonds is 16. The number of esters is 2. The van der Waals surface area contributed by atoms with E-state index in [1.807, 2.05) is 6.92 Å². The third-order valence-corrected chi connectivity index (χ3v) is 5.70. The van der Waals surface area contributed by atoms with Crippen LogP contribution < -0.4 is 0 Å². The summed E-state index contributed by atoms with van der Waals surface area (Å²) >= 11 is 3.79. The van der Waals surface area contributed by atoms with E-state index in [2.05, 4.69) is 36.7 Å². The second-order valence-electron chi connectivity index (χ2n) is 8.97. The highest BCUT2D eigenvalue weighted by molar-refractivity contribution is 9.09. The minimum atomic E-state index is -0.168. The van der Waals surface area contributed by atoms with Crippen molar-refractivity contribution in [3.63, 3.8) is 0 Å². The summed E-state index contributed by atoms with van der Waals surface area (Å²) in [5.74, 6) is -0.246. The Kier molecular flexibility index (Phi) is 15.9. The molecule has 0 aromatic rings. The number of carbonyl (C=O) groups excluding carboxylic acids is 2. The van der Waals surface area contributed by atoms with E-state index >= 15 is 0 Å². The van der Waals surface area contributed by atoms with Gasteiger partial charge in [0.1, 0.15) is 6.10 Å². The van der Waals surface area contributed by atoms with Crippen LogP contribution in [0.5, 0.6) is 0 Å². The Hall–Kier alpha value is -0.580. The molecule has 2 unspecified atom stereocenters. The minimum absolute atomic E-state index is 0.0578. The van der Waals surface area contributed by atoms with Gasteiger partial charge in [-0.1, -0.05) is 56.0 Å². The van der Waals surface area contributed by atoms with Gasteiger partial charge in [-0.25, -0.2) is 0 Å². The van der Waals surface area contributed by atoms with Gasteiger partial charge in [0.05, 0.1) is 6.61 Å². The lowest BCUT2D eigenvalue weighted by atomic mass is 9.89. The van der Waals surface area contributed by atoms with Gasteiger partial charge in [-0.05, 0) is 63.7 Å². The molecule has 2 atom stereocenters. The van der Waals surface area contributed by atoms with Crippen molar-refractivity contribution in [3.8, 4) is 0 Å². The van der Waals surface area contributed by atoms with Crippen molar-refractivity contribution in [2.24, 2.45) is 5.41 Å². The molecular formula is C23H43BrO4. The molecule has 0 rings (SSSR count). The zero-order valence-electron chi connectivity index (χ0n) is 18.9. The molecule has 0 fully saturated rings. The van der Waals surface area contributed by atoms with Gasteiger partial charge < -0.3 is 9.47 Å². The molecule has 0 spiro atoms. The summed E-state index contributed by atoms with van der Waals surface area (Å²) in [6.07, 6.45) is 12.4. The molecule has 0 aromatic heterocycles. The Morgan fingerprint density at radius 2 is 1.50 bits per heavy atom. The van der Waals surface area contributed by atoms with Crippen LogP contribution in [-0.2, 0) is 19.1 Å². The van der Waals surface area contributed by atoms with Crippen LogP contribution >= 0.6 is 15.9 Å². The van der Waals surface area contributed by atoms with Crippen molar-refractivity contribution >= 4 is 27.9 Å². The number of halogens is 1. The number of alkyl halides is 1.